The summed E-state index contributed by atoms with van der Waals surface area (Å²) in [6.07, 6.45) is 4.75. The number of aromatic nitrogens is 1. The number of nitro groups is 1. The highest BCUT2D eigenvalue weighted by molar-refractivity contribution is 6.32. The number of pyridine rings is 1. The number of benzene rings is 2. The van der Waals surface area contributed by atoms with E-state index in [0.29, 0.717) is 34.1 Å². The summed E-state index contributed by atoms with van der Waals surface area (Å²) in [5.74, 6) is 0.585. The van der Waals surface area contributed by atoms with Gasteiger partial charge in [-0.1, -0.05) is 18.2 Å². The van der Waals surface area contributed by atoms with Crippen molar-refractivity contribution in [2.75, 3.05) is 19.0 Å². The molecule has 202 valence electrons. The molecule has 3 amide bonds. The van der Waals surface area contributed by atoms with E-state index < -0.39 is 16.9 Å². The van der Waals surface area contributed by atoms with Gasteiger partial charge in [-0.2, -0.15) is 0 Å². The van der Waals surface area contributed by atoms with Crippen LogP contribution in [0, 0.1) is 10.1 Å². The van der Waals surface area contributed by atoms with Crippen molar-refractivity contribution in [2.24, 2.45) is 0 Å². The fourth-order valence-electron chi connectivity index (χ4n) is 3.34. The van der Waals surface area contributed by atoms with E-state index in [0.717, 1.165) is 0 Å². The minimum Gasteiger partial charge on any atom is -0.495 e. The van der Waals surface area contributed by atoms with Gasteiger partial charge in [0.1, 0.15) is 23.0 Å². The number of nitrogens with one attached hydrogen (secondary N) is 3. The van der Waals surface area contributed by atoms with Crippen LogP contribution in [0.4, 0.5) is 16.2 Å². The van der Waals surface area contributed by atoms with Gasteiger partial charge in [0.05, 0.1) is 22.6 Å². The number of amides is 3. The number of urea groups is 1. The van der Waals surface area contributed by atoms with Crippen LogP contribution in [0.2, 0.25) is 5.02 Å². The number of non-ortho nitro benzene ring substituents is 1. The molecule has 0 unspecified atom stereocenters. The molecule has 11 nitrogen and oxygen atoms in total. The Morgan fingerprint density at radius 3 is 2.59 bits per heavy atom. The second-order valence-corrected chi connectivity index (χ2v) is 8.31. The summed E-state index contributed by atoms with van der Waals surface area (Å²) < 4.78 is 11.2. The molecule has 12 heteroatoms. The highest BCUT2D eigenvalue weighted by atomic mass is 35.5. The number of fused-ring (bicyclic) bond motifs is 1. The molecule has 39 heavy (non-hydrogen) atoms. The molecule has 3 N–H and O–H groups in total. The van der Waals surface area contributed by atoms with Gasteiger partial charge in [-0.15, -0.1) is 0 Å². The Kier molecular flexibility index (Phi) is 9.60. The van der Waals surface area contributed by atoms with Gasteiger partial charge in [0.25, 0.3) is 11.6 Å². The van der Waals surface area contributed by atoms with E-state index in [9.17, 15) is 19.7 Å². The van der Waals surface area contributed by atoms with Gasteiger partial charge < -0.3 is 25.4 Å². The smallest absolute Gasteiger partial charge is 0.323 e. The number of carbonyl (C=O) groups is 2. The highest BCUT2D eigenvalue weighted by Gasteiger charge is 2.16. The van der Waals surface area contributed by atoms with Crippen LogP contribution in [0.15, 0.2) is 78.7 Å². The molecule has 0 radical (unpaired) electrons. The van der Waals surface area contributed by atoms with Gasteiger partial charge >= 0.3 is 6.03 Å². The van der Waals surface area contributed by atoms with Crippen LogP contribution in [-0.4, -0.2) is 35.5 Å². The van der Waals surface area contributed by atoms with Crippen LogP contribution in [0.3, 0.4) is 0 Å². The lowest BCUT2D eigenvalue weighted by atomic mass is 10.1. The Labute approximate surface area is 229 Å². The maximum absolute atomic E-state index is 12.5. The minimum atomic E-state index is -0.543. The Morgan fingerprint density at radius 2 is 1.92 bits per heavy atom. The lowest BCUT2D eigenvalue weighted by molar-refractivity contribution is -0.384. The lowest BCUT2D eigenvalue weighted by Crippen LogP contribution is -2.27. The maximum atomic E-state index is 12.5. The Balaban J connectivity index is 1.77. The molecule has 1 aromatic heterocycles. The van der Waals surface area contributed by atoms with Gasteiger partial charge in [0.15, 0.2) is 0 Å². The number of methoxy groups -OCH3 is 1. The van der Waals surface area contributed by atoms with Crippen molar-refractivity contribution in [3.05, 3.63) is 99.6 Å². The first-order chi connectivity index (χ1) is 18.6. The molecule has 3 rings (SSSR count). The zero-order chi connectivity index (χ0) is 28.5. The second-order valence-electron chi connectivity index (χ2n) is 7.90. The quantitative estimate of drug-likeness (QED) is 0.126. The van der Waals surface area contributed by atoms with Crippen molar-refractivity contribution in [1.29, 1.82) is 0 Å². The molecular weight excluding hydrogens is 526 g/mol. The van der Waals surface area contributed by atoms with E-state index in [1.807, 2.05) is 0 Å². The van der Waals surface area contributed by atoms with Crippen LogP contribution < -0.4 is 25.4 Å². The summed E-state index contributed by atoms with van der Waals surface area (Å²) in [4.78, 5) is 39.8. The Morgan fingerprint density at radius 1 is 1.15 bits per heavy atom. The third-order valence-corrected chi connectivity index (χ3v) is 5.49. The Hall–Kier alpha value is -4.90. The van der Waals surface area contributed by atoms with Crippen molar-refractivity contribution in [3.63, 3.8) is 0 Å². The summed E-state index contributed by atoms with van der Waals surface area (Å²) in [6, 6.07) is 9.82. The number of nitrogens with zero attached hydrogens (tertiary/aromatic N) is 2. The fraction of sp³-hybridized carbons (Fsp3) is 0.148. The number of allylic oxidation sites excluding steroid dienone is 3. The van der Waals surface area contributed by atoms with E-state index in [1.165, 1.54) is 37.5 Å². The van der Waals surface area contributed by atoms with E-state index in [1.54, 1.807) is 44.2 Å². The number of hydrogen-bond acceptors (Lipinski definition) is 7. The zero-order valence-electron chi connectivity index (χ0n) is 21.4. The second kappa shape index (κ2) is 13.1. The van der Waals surface area contributed by atoms with Crippen LogP contribution >= 0.6 is 11.6 Å². The summed E-state index contributed by atoms with van der Waals surface area (Å²) >= 11 is 6.01. The van der Waals surface area contributed by atoms with Crippen molar-refractivity contribution < 1.29 is 24.0 Å². The molecule has 3 aromatic rings. The molecule has 0 fully saturated rings. The van der Waals surface area contributed by atoms with Gasteiger partial charge in [-0.05, 0) is 50.3 Å². The zero-order valence-corrected chi connectivity index (χ0v) is 22.2. The third kappa shape index (κ3) is 7.55. The monoisotopic (exact) mass is 551 g/mol. The first-order valence-electron chi connectivity index (χ1n) is 11.6. The standard InChI is InChI=1S/C27H26ClN5O6/c1-5-19(10-7-16(3)30-27(35)31-17-8-12-21(28)25(13-17)38-4)39-24-15-23(26(34)29-6-2)32-22-14-18(33(36)37)9-11-20(22)24/h5,7-15H,3,6H2,1-2,4H3,(H,29,34)(H2,30,31,35)/b10-7-,19-5+. The van der Waals surface area contributed by atoms with Crippen molar-refractivity contribution in [2.45, 2.75) is 13.8 Å². The first-order valence-corrected chi connectivity index (χ1v) is 12.0. The summed E-state index contributed by atoms with van der Waals surface area (Å²) in [6.45, 7) is 7.69. The van der Waals surface area contributed by atoms with Crippen LogP contribution in [-0.2, 0) is 0 Å². The third-order valence-electron chi connectivity index (χ3n) is 5.18. The largest absolute Gasteiger partial charge is 0.495 e. The highest BCUT2D eigenvalue weighted by Crippen LogP contribution is 2.30. The van der Waals surface area contributed by atoms with E-state index in [-0.39, 0.29) is 28.3 Å². The summed E-state index contributed by atoms with van der Waals surface area (Å²) in [7, 11) is 1.47. The van der Waals surface area contributed by atoms with E-state index >= 15 is 0 Å². The number of rotatable bonds is 10. The van der Waals surface area contributed by atoms with E-state index in [2.05, 4.69) is 27.5 Å². The molecule has 0 saturated heterocycles. The molecule has 0 spiro atoms. The Bertz CT molecular complexity index is 1500. The lowest BCUT2D eigenvalue weighted by Gasteiger charge is -2.12. The van der Waals surface area contributed by atoms with Gasteiger partial charge in [-0.3, -0.25) is 14.9 Å². The van der Waals surface area contributed by atoms with Crippen molar-refractivity contribution in [1.82, 2.24) is 15.6 Å². The number of hydrogen-bond donors (Lipinski definition) is 3. The minimum absolute atomic E-state index is 0.0425. The molecule has 1 heterocycles. The number of anilines is 1. The topological polar surface area (TPSA) is 145 Å². The van der Waals surface area contributed by atoms with Gasteiger partial charge in [-0.25, -0.2) is 9.78 Å². The molecule has 0 aliphatic heterocycles. The van der Waals surface area contributed by atoms with Crippen LogP contribution in [0.5, 0.6) is 11.5 Å². The first kappa shape index (κ1) is 28.7. The fourth-order valence-corrected chi connectivity index (χ4v) is 3.53. The molecule has 0 saturated carbocycles. The SMILES string of the molecule is C=C(/C=C\C(=C/C)Oc1cc(C(=O)NCC)nc2cc([N+](=O)[O-])ccc12)NC(=O)Nc1ccc(Cl)c(OC)c1. The molecule has 0 atom stereocenters. The summed E-state index contributed by atoms with van der Waals surface area (Å²) in [5.41, 5.74) is 0.827. The molecule has 0 aliphatic carbocycles. The summed E-state index contributed by atoms with van der Waals surface area (Å²) in [5, 5.41) is 20.0. The normalized spacial score (nSPS) is 11.2. The van der Waals surface area contributed by atoms with Crippen molar-refractivity contribution >= 4 is 45.8 Å². The molecular formula is C27H26ClN5O6. The molecule has 0 aliphatic rings. The van der Waals surface area contributed by atoms with Gasteiger partial charge in [0.2, 0.25) is 0 Å². The average Bonchev–Trinajstić information content (AvgIpc) is 2.91. The number of carbonyl (C=O) groups excluding carboxylic acids is 2. The van der Waals surface area contributed by atoms with Crippen molar-refractivity contribution in [3.8, 4) is 11.5 Å². The van der Waals surface area contributed by atoms with Gasteiger partial charge in [0, 0.05) is 47.6 Å². The molecule has 2 aromatic carbocycles. The van der Waals surface area contributed by atoms with E-state index in [4.69, 9.17) is 21.1 Å². The average molecular weight is 552 g/mol. The number of nitro benzene ring substituents is 1. The predicted molar refractivity (Wildman–Crippen MR) is 149 cm³/mol. The number of ether oxygens (including phenoxy) is 2. The number of halogens is 1. The van der Waals surface area contributed by atoms with Crippen LogP contribution in [0.25, 0.3) is 10.9 Å². The maximum Gasteiger partial charge on any atom is 0.323 e. The molecule has 0 bridgehead atoms. The van der Waals surface area contributed by atoms with Crippen LogP contribution in [0.1, 0.15) is 24.3 Å². The predicted octanol–water partition coefficient (Wildman–Crippen LogP) is 5.73.